The first-order valence-electron chi connectivity index (χ1n) is 7.86. The average Bonchev–Trinajstić information content (AvgIpc) is 2.85. The smallest absolute Gasteiger partial charge is 0.329 e. The average molecular weight is 298 g/mol. The quantitative estimate of drug-likeness (QED) is 0.739. The third-order valence-corrected chi connectivity index (χ3v) is 4.70. The van der Waals surface area contributed by atoms with Gasteiger partial charge in [-0.15, -0.1) is 0 Å². The molecule has 1 aliphatic carbocycles. The summed E-state index contributed by atoms with van der Waals surface area (Å²) < 4.78 is 5.63. The molecule has 0 radical (unpaired) electrons. The largest absolute Gasteiger partial charge is 0.480 e. The van der Waals surface area contributed by atoms with Crippen LogP contribution in [0.5, 0.6) is 0 Å². The van der Waals surface area contributed by atoms with Gasteiger partial charge in [0.2, 0.25) is 0 Å². The molecule has 1 aliphatic heterocycles. The number of amides is 2. The van der Waals surface area contributed by atoms with Crippen LogP contribution in [0, 0.1) is 5.92 Å². The molecule has 2 atom stereocenters. The second-order valence-corrected chi connectivity index (χ2v) is 6.55. The Labute approximate surface area is 125 Å². The van der Waals surface area contributed by atoms with Crippen LogP contribution in [0.15, 0.2) is 0 Å². The van der Waals surface area contributed by atoms with Gasteiger partial charge in [-0.05, 0) is 51.4 Å². The second kappa shape index (κ2) is 6.64. The molecular weight excluding hydrogens is 272 g/mol. The van der Waals surface area contributed by atoms with E-state index in [2.05, 4.69) is 17.6 Å². The molecule has 2 amide bonds. The van der Waals surface area contributed by atoms with Crippen LogP contribution < -0.4 is 10.6 Å². The van der Waals surface area contributed by atoms with Crippen molar-refractivity contribution in [3.05, 3.63) is 0 Å². The Morgan fingerprint density at radius 2 is 1.86 bits per heavy atom. The van der Waals surface area contributed by atoms with Crippen molar-refractivity contribution in [3.8, 4) is 0 Å². The highest BCUT2D eigenvalue weighted by Crippen LogP contribution is 2.32. The van der Waals surface area contributed by atoms with Crippen molar-refractivity contribution in [2.24, 2.45) is 5.92 Å². The summed E-state index contributed by atoms with van der Waals surface area (Å²) in [4.78, 5) is 23.6. The first kappa shape index (κ1) is 16.1. The van der Waals surface area contributed by atoms with Crippen molar-refractivity contribution in [2.75, 3.05) is 6.54 Å². The Morgan fingerprint density at radius 1 is 1.19 bits per heavy atom. The molecule has 21 heavy (non-hydrogen) atoms. The van der Waals surface area contributed by atoms with Gasteiger partial charge in [0.05, 0.1) is 12.2 Å². The zero-order valence-corrected chi connectivity index (χ0v) is 12.9. The van der Waals surface area contributed by atoms with Crippen LogP contribution >= 0.6 is 0 Å². The SMILES string of the molecule is CC1CCC(NC(=O)NCC2CCC(C)O2)(C(=O)O)CC1. The van der Waals surface area contributed by atoms with Gasteiger partial charge in [-0.1, -0.05) is 6.92 Å². The molecule has 1 saturated carbocycles. The summed E-state index contributed by atoms with van der Waals surface area (Å²) in [5.74, 6) is -0.411. The van der Waals surface area contributed by atoms with E-state index in [1.54, 1.807) is 0 Å². The number of ether oxygens (including phenoxy) is 1. The van der Waals surface area contributed by atoms with E-state index < -0.39 is 17.5 Å². The van der Waals surface area contributed by atoms with E-state index in [1.807, 2.05) is 6.92 Å². The monoisotopic (exact) mass is 298 g/mol. The number of carboxylic acid groups (broad SMARTS) is 1. The maximum atomic E-state index is 12.0. The summed E-state index contributed by atoms with van der Waals surface area (Å²) >= 11 is 0. The van der Waals surface area contributed by atoms with Crippen molar-refractivity contribution >= 4 is 12.0 Å². The molecule has 2 aliphatic rings. The summed E-state index contributed by atoms with van der Waals surface area (Å²) in [6, 6.07) is -0.407. The van der Waals surface area contributed by atoms with Crippen molar-refractivity contribution < 1.29 is 19.4 Å². The van der Waals surface area contributed by atoms with E-state index in [9.17, 15) is 14.7 Å². The van der Waals surface area contributed by atoms with Crippen molar-refractivity contribution in [1.29, 1.82) is 0 Å². The lowest BCUT2D eigenvalue weighted by molar-refractivity contribution is -0.146. The molecule has 0 bridgehead atoms. The molecule has 0 aromatic rings. The molecule has 1 heterocycles. The Kier molecular flexibility index (Phi) is 5.08. The van der Waals surface area contributed by atoms with Crippen LogP contribution in [-0.4, -0.2) is 41.4 Å². The number of carboxylic acids is 1. The zero-order valence-electron chi connectivity index (χ0n) is 12.9. The highest BCUT2D eigenvalue weighted by Gasteiger charge is 2.42. The number of urea groups is 1. The maximum Gasteiger partial charge on any atom is 0.329 e. The Hall–Kier alpha value is -1.30. The first-order chi connectivity index (χ1) is 9.91. The lowest BCUT2D eigenvalue weighted by Gasteiger charge is -2.36. The lowest BCUT2D eigenvalue weighted by atomic mass is 9.77. The topological polar surface area (TPSA) is 87.7 Å². The first-order valence-corrected chi connectivity index (χ1v) is 7.86. The molecule has 2 unspecified atom stereocenters. The van der Waals surface area contributed by atoms with Crippen LogP contribution in [0.1, 0.15) is 52.4 Å². The standard InChI is InChI=1S/C15H26N2O4/c1-10-5-7-15(8-6-10,13(18)19)17-14(20)16-9-12-4-3-11(2)21-12/h10-12H,3-9H2,1-2H3,(H,18,19)(H2,16,17,20). The number of rotatable bonds is 4. The second-order valence-electron chi connectivity index (χ2n) is 6.55. The van der Waals surface area contributed by atoms with E-state index in [0.717, 1.165) is 25.7 Å². The summed E-state index contributed by atoms with van der Waals surface area (Å²) in [5, 5.41) is 14.9. The molecular formula is C15H26N2O4. The van der Waals surface area contributed by atoms with Crippen LogP contribution in [0.25, 0.3) is 0 Å². The molecule has 0 spiro atoms. The maximum absolute atomic E-state index is 12.0. The molecule has 1 saturated heterocycles. The number of hydrogen-bond acceptors (Lipinski definition) is 3. The number of carbonyl (C=O) groups is 2. The van der Waals surface area contributed by atoms with E-state index in [-0.39, 0.29) is 12.2 Å². The van der Waals surface area contributed by atoms with Crippen molar-refractivity contribution in [3.63, 3.8) is 0 Å². The Balaban J connectivity index is 1.83. The van der Waals surface area contributed by atoms with Crippen molar-refractivity contribution in [2.45, 2.75) is 70.1 Å². The van der Waals surface area contributed by atoms with Gasteiger partial charge < -0.3 is 20.5 Å². The summed E-state index contributed by atoms with van der Waals surface area (Å²) in [7, 11) is 0. The molecule has 6 nitrogen and oxygen atoms in total. The van der Waals surface area contributed by atoms with E-state index in [1.165, 1.54) is 0 Å². The summed E-state index contributed by atoms with van der Waals surface area (Å²) in [5.41, 5.74) is -1.11. The zero-order chi connectivity index (χ0) is 15.5. The minimum absolute atomic E-state index is 0.0397. The summed E-state index contributed by atoms with van der Waals surface area (Å²) in [6.07, 6.45) is 4.87. The van der Waals surface area contributed by atoms with Crippen LogP contribution in [0.2, 0.25) is 0 Å². The van der Waals surface area contributed by atoms with Crippen LogP contribution in [-0.2, 0) is 9.53 Å². The fourth-order valence-corrected chi connectivity index (χ4v) is 3.15. The van der Waals surface area contributed by atoms with Crippen LogP contribution in [0.4, 0.5) is 4.79 Å². The summed E-state index contributed by atoms with van der Waals surface area (Å²) in [6.45, 7) is 4.56. The fourth-order valence-electron chi connectivity index (χ4n) is 3.15. The van der Waals surface area contributed by atoms with E-state index in [0.29, 0.717) is 25.3 Å². The number of carbonyl (C=O) groups excluding carboxylic acids is 1. The predicted octanol–water partition coefficient (Wildman–Crippen LogP) is 1.89. The minimum Gasteiger partial charge on any atom is -0.480 e. The van der Waals surface area contributed by atoms with Gasteiger partial charge in [-0.3, -0.25) is 0 Å². The molecule has 0 aromatic carbocycles. The third-order valence-electron chi connectivity index (χ3n) is 4.70. The normalized spacial score (nSPS) is 36.2. The van der Waals surface area contributed by atoms with E-state index >= 15 is 0 Å². The lowest BCUT2D eigenvalue weighted by Crippen LogP contribution is -2.59. The van der Waals surface area contributed by atoms with Gasteiger partial charge in [0.1, 0.15) is 5.54 Å². The highest BCUT2D eigenvalue weighted by molar-refractivity contribution is 5.86. The molecule has 0 aromatic heterocycles. The predicted molar refractivity (Wildman–Crippen MR) is 78.1 cm³/mol. The number of aliphatic carboxylic acids is 1. The van der Waals surface area contributed by atoms with E-state index in [4.69, 9.17) is 4.74 Å². The molecule has 2 fully saturated rings. The minimum atomic E-state index is -1.11. The van der Waals surface area contributed by atoms with Gasteiger partial charge >= 0.3 is 12.0 Å². The Morgan fingerprint density at radius 3 is 2.38 bits per heavy atom. The molecule has 3 N–H and O–H groups in total. The van der Waals surface area contributed by atoms with Crippen LogP contribution in [0.3, 0.4) is 0 Å². The highest BCUT2D eigenvalue weighted by atomic mass is 16.5. The number of hydrogen-bond donors (Lipinski definition) is 3. The Bertz CT molecular complexity index is 391. The van der Waals surface area contributed by atoms with Gasteiger partial charge in [0.25, 0.3) is 0 Å². The fraction of sp³-hybridized carbons (Fsp3) is 0.867. The number of nitrogens with one attached hydrogen (secondary N) is 2. The molecule has 2 rings (SSSR count). The van der Waals surface area contributed by atoms with Gasteiger partial charge in [0.15, 0.2) is 0 Å². The molecule has 6 heteroatoms. The van der Waals surface area contributed by atoms with Crippen molar-refractivity contribution in [1.82, 2.24) is 10.6 Å². The van der Waals surface area contributed by atoms with Gasteiger partial charge in [-0.2, -0.15) is 0 Å². The molecule has 120 valence electrons. The van der Waals surface area contributed by atoms with Gasteiger partial charge in [0, 0.05) is 6.54 Å². The van der Waals surface area contributed by atoms with Gasteiger partial charge in [-0.25, -0.2) is 9.59 Å². The third kappa shape index (κ3) is 4.09.